The van der Waals surface area contributed by atoms with Gasteiger partial charge in [-0.3, -0.25) is 19.2 Å². The summed E-state index contributed by atoms with van der Waals surface area (Å²) in [6.45, 7) is 12.6. The van der Waals surface area contributed by atoms with Gasteiger partial charge in [-0.05, 0) is 58.4 Å². The van der Waals surface area contributed by atoms with Crippen LogP contribution in [0.25, 0.3) is 0 Å². The molecule has 42 heavy (non-hydrogen) atoms. The molecular formula is C36H34N2O4. The predicted molar refractivity (Wildman–Crippen MR) is 166 cm³/mol. The lowest BCUT2D eigenvalue weighted by molar-refractivity contribution is 0.0977. The average Bonchev–Trinajstić information content (AvgIpc) is 2.95. The highest BCUT2D eigenvalue weighted by molar-refractivity contribution is 6.33. The van der Waals surface area contributed by atoms with Gasteiger partial charge in [0.1, 0.15) is 0 Å². The highest BCUT2D eigenvalue weighted by atomic mass is 16.2. The maximum absolute atomic E-state index is 13.8. The van der Waals surface area contributed by atoms with Crippen LogP contribution in [0, 0.1) is 0 Å². The van der Waals surface area contributed by atoms with Crippen LogP contribution < -0.4 is 10.6 Å². The molecule has 4 aromatic carbocycles. The van der Waals surface area contributed by atoms with Crippen LogP contribution in [0.1, 0.15) is 105 Å². The fourth-order valence-corrected chi connectivity index (χ4v) is 5.06. The fraction of sp³-hybridized carbons (Fsp3) is 0.222. The highest BCUT2D eigenvalue weighted by Crippen LogP contribution is 2.37. The zero-order chi connectivity index (χ0) is 30.4. The zero-order valence-corrected chi connectivity index (χ0v) is 24.7. The van der Waals surface area contributed by atoms with Gasteiger partial charge in [0.2, 0.25) is 0 Å². The molecule has 2 N–H and O–H groups in total. The summed E-state index contributed by atoms with van der Waals surface area (Å²) in [7, 11) is 0. The van der Waals surface area contributed by atoms with Crippen LogP contribution in [0.5, 0.6) is 0 Å². The molecule has 1 aliphatic rings. The number of carbonyl (C=O) groups is 4. The second-order valence-corrected chi connectivity index (χ2v) is 12.7. The van der Waals surface area contributed by atoms with Gasteiger partial charge in [-0.2, -0.15) is 0 Å². The van der Waals surface area contributed by atoms with Crippen molar-refractivity contribution in [3.8, 4) is 0 Å². The molecule has 0 radical (unpaired) electrons. The van der Waals surface area contributed by atoms with Crippen molar-refractivity contribution in [2.24, 2.45) is 0 Å². The van der Waals surface area contributed by atoms with E-state index < -0.39 is 23.4 Å². The Balaban J connectivity index is 1.52. The SMILES string of the molecule is CC(C)(C)c1ccc(C(=O)Nc2ccc(NC(=O)c3ccc(C(C)(C)C)cc3)c3c2C(=O)c2ccccc2C3=O)cc1. The topological polar surface area (TPSA) is 92.3 Å². The lowest BCUT2D eigenvalue weighted by Gasteiger charge is -2.23. The van der Waals surface area contributed by atoms with Gasteiger partial charge < -0.3 is 10.6 Å². The highest BCUT2D eigenvalue weighted by Gasteiger charge is 2.35. The van der Waals surface area contributed by atoms with Gasteiger partial charge >= 0.3 is 0 Å². The summed E-state index contributed by atoms with van der Waals surface area (Å²) in [5.74, 6) is -1.62. The number of nitrogens with one attached hydrogen (secondary N) is 2. The van der Waals surface area contributed by atoms with Gasteiger partial charge in [0.25, 0.3) is 11.8 Å². The number of carbonyl (C=O) groups excluding carboxylic acids is 4. The Labute approximate surface area is 246 Å². The molecule has 4 aromatic rings. The molecule has 0 saturated carbocycles. The van der Waals surface area contributed by atoms with Crippen molar-refractivity contribution in [1.82, 2.24) is 0 Å². The van der Waals surface area contributed by atoms with Gasteiger partial charge in [-0.15, -0.1) is 0 Å². The molecule has 2 amide bonds. The van der Waals surface area contributed by atoms with Gasteiger partial charge in [0.05, 0.1) is 22.5 Å². The Bertz CT molecular complexity index is 1610. The van der Waals surface area contributed by atoms with Crippen LogP contribution in [0.2, 0.25) is 0 Å². The molecular weight excluding hydrogens is 524 g/mol. The normalized spacial score (nSPS) is 12.8. The third-order valence-electron chi connectivity index (χ3n) is 7.60. The summed E-state index contributed by atoms with van der Waals surface area (Å²) in [5, 5.41) is 5.67. The minimum absolute atomic E-state index is 0.0549. The zero-order valence-electron chi connectivity index (χ0n) is 24.7. The standard InChI is InChI=1S/C36H34N2O4/c1-35(2,3)23-15-11-21(12-16-23)33(41)37-27-19-20-28(38-34(42)22-13-17-24(18-14-22)36(4,5)6)30-29(27)31(39)25-9-7-8-10-26(25)32(30)40/h7-20H,1-6H3,(H,37,41)(H,38,42). The van der Waals surface area contributed by atoms with Crippen LogP contribution in [-0.2, 0) is 10.8 Å². The van der Waals surface area contributed by atoms with Crippen LogP contribution in [0.15, 0.2) is 84.9 Å². The molecule has 0 aliphatic heterocycles. The minimum Gasteiger partial charge on any atom is -0.321 e. The van der Waals surface area contributed by atoms with Crippen molar-refractivity contribution in [2.45, 2.75) is 52.4 Å². The quantitative estimate of drug-likeness (QED) is 0.238. The molecule has 0 heterocycles. The van der Waals surface area contributed by atoms with Crippen LogP contribution in [0.3, 0.4) is 0 Å². The molecule has 212 valence electrons. The fourth-order valence-electron chi connectivity index (χ4n) is 5.06. The Morgan fingerprint density at radius 3 is 1.14 bits per heavy atom. The van der Waals surface area contributed by atoms with Crippen LogP contribution in [-0.4, -0.2) is 23.4 Å². The van der Waals surface area contributed by atoms with E-state index in [0.29, 0.717) is 11.1 Å². The minimum atomic E-state index is -0.410. The van der Waals surface area contributed by atoms with Crippen molar-refractivity contribution in [3.05, 3.63) is 129 Å². The molecule has 5 rings (SSSR count). The van der Waals surface area contributed by atoms with E-state index in [4.69, 9.17) is 0 Å². The first-order valence-electron chi connectivity index (χ1n) is 13.9. The lowest BCUT2D eigenvalue weighted by Crippen LogP contribution is -2.26. The van der Waals surface area contributed by atoms with Crippen molar-refractivity contribution in [1.29, 1.82) is 0 Å². The van der Waals surface area contributed by atoms with Gasteiger partial charge in [0, 0.05) is 22.3 Å². The maximum atomic E-state index is 13.8. The molecule has 6 nitrogen and oxygen atoms in total. The van der Waals surface area contributed by atoms with E-state index in [1.807, 2.05) is 24.3 Å². The molecule has 0 atom stereocenters. The number of amides is 2. The average molecular weight is 559 g/mol. The predicted octanol–water partition coefficient (Wildman–Crippen LogP) is 7.56. The molecule has 6 heteroatoms. The summed E-state index contributed by atoms with van der Waals surface area (Å²) in [4.78, 5) is 54.1. The van der Waals surface area contributed by atoms with E-state index in [9.17, 15) is 19.2 Å². The summed E-state index contributed by atoms with van der Waals surface area (Å²) in [5.41, 5.74) is 3.90. The van der Waals surface area contributed by atoms with Crippen LogP contribution >= 0.6 is 0 Å². The molecule has 1 aliphatic carbocycles. The number of fused-ring (bicyclic) bond motifs is 2. The summed E-state index contributed by atoms with van der Waals surface area (Å²) in [6.07, 6.45) is 0. The van der Waals surface area contributed by atoms with Gasteiger partial charge in [0.15, 0.2) is 11.6 Å². The van der Waals surface area contributed by atoms with E-state index >= 15 is 0 Å². The first kappa shape index (κ1) is 28.7. The number of anilines is 2. The van der Waals surface area contributed by atoms with E-state index in [1.165, 1.54) is 0 Å². The first-order chi connectivity index (χ1) is 19.8. The molecule has 0 spiro atoms. The third kappa shape index (κ3) is 5.40. The van der Waals surface area contributed by atoms with Crippen molar-refractivity contribution in [3.63, 3.8) is 0 Å². The Morgan fingerprint density at radius 2 is 0.833 bits per heavy atom. The number of hydrogen-bond acceptors (Lipinski definition) is 4. The summed E-state index contributed by atoms with van der Waals surface area (Å²) < 4.78 is 0. The van der Waals surface area contributed by atoms with E-state index in [-0.39, 0.29) is 44.5 Å². The Kier molecular flexibility index (Phi) is 7.19. The Morgan fingerprint density at radius 1 is 0.500 bits per heavy atom. The van der Waals surface area contributed by atoms with E-state index in [0.717, 1.165) is 11.1 Å². The van der Waals surface area contributed by atoms with Crippen molar-refractivity contribution >= 4 is 34.8 Å². The van der Waals surface area contributed by atoms with Crippen LogP contribution in [0.4, 0.5) is 11.4 Å². The van der Waals surface area contributed by atoms with Crippen molar-refractivity contribution < 1.29 is 19.2 Å². The lowest BCUT2D eigenvalue weighted by atomic mass is 9.82. The second kappa shape index (κ2) is 10.5. The third-order valence-corrected chi connectivity index (χ3v) is 7.60. The number of benzene rings is 4. The monoisotopic (exact) mass is 558 g/mol. The smallest absolute Gasteiger partial charge is 0.255 e. The molecule has 0 fully saturated rings. The van der Waals surface area contributed by atoms with Gasteiger partial charge in [-0.25, -0.2) is 0 Å². The largest absolute Gasteiger partial charge is 0.321 e. The Hall–Kier alpha value is -4.84. The second-order valence-electron chi connectivity index (χ2n) is 12.7. The number of ketones is 2. The van der Waals surface area contributed by atoms with Gasteiger partial charge in [-0.1, -0.05) is 90.1 Å². The first-order valence-corrected chi connectivity index (χ1v) is 13.9. The van der Waals surface area contributed by atoms with E-state index in [2.05, 4.69) is 52.2 Å². The molecule has 0 unspecified atom stereocenters. The summed E-state index contributed by atoms with van der Waals surface area (Å²) >= 11 is 0. The van der Waals surface area contributed by atoms with Crippen molar-refractivity contribution in [2.75, 3.05) is 10.6 Å². The molecule has 0 aromatic heterocycles. The molecule has 0 saturated heterocycles. The number of hydrogen-bond donors (Lipinski definition) is 2. The van der Waals surface area contributed by atoms with E-state index in [1.54, 1.807) is 60.7 Å². The molecule has 0 bridgehead atoms. The number of rotatable bonds is 4. The maximum Gasteiger partial charge on any atom is 0.255 e. The summed E-state index contributed by atoms with van der Waals surface area (Å²) in [6, 6.07) is 24.3.